The van der Waals surface area contributed by atoms with Gasteiger partial charge in [0, 0.05) is 54.2 Å². The second-order valence-electron chi connectivity index (χ2n) is 8.54. The largest absolute Gasteiger partial charge is 0.421 e. The first-order valence-corrected chi connectivity index (χ1v) is 12.3. The Hall–Kier alpha value is -2.91. The molecule has 0 spiro atoms. The van der Waals surface area contributed by atoms with Crippen LogP contribution in [0.2, 0.25) is 5.02 Å². The van der Waals surface area contributed by atoms with Crippen LogP contribution in [-0.2, 0) is 27.7 Å². The Bertz CT molecular complexity index is 1480. The van der Waals surface area contributed by atoms with Gasteiger partial charge >= 0.3 is 0 Å². The Morgan fingerprint density at radius 2 is 1.97 bits per heavy atom. The molecule has 2 unspecified atom stereocenters. The molecule has 2 heterocycles. The number of alkyl halides is 1. The van der Waals surface area contributed by atoms with Crippen molar-refractivity contribution in [2.75, 3.05) is 19.0 Å². The number of nitrogens with one attached hydrogen (secondary N) is 1. The summed E-state index contributed by atoms with van der Waals surface area (Å²) in [6, 6.07) is 11.6. The molecule has 0 amide bonds. The monoisotopic (exact) mass is 488 g/mol. The fraction of sp³-hybridized carbons (Fsp3) is 0.304. The lowest BCUT2D eigenvalue weighted by Crippen LogP contribution is -2.40. The van der Waals surface area contributed by atoms with E-state index in [1.807, 2.05) is 6.07 Å². The topological polar surface area (TPSA) is 92.1 Å². The molecule has 0 radical (unpaired) electrons. The molecule has 2 aromatic carbocycles. The maximum absolute atomic E-state index is 17.1. The predicted molar refractivity (Wildman–Crippen MR) is 124 cm³/mol. The Morgan fingerprint density at radius 1 is 1.18 bits per heavy atom. The second kappa shape index (κ2) is 7.56. The van der Waals surface area contributed by atoms with Crippen LogP contribution in [0.3, 0.4) is 0 Å². The van der Waals surface area contributed by atoms with Gasteiger partial charge in [-0.25, -0.2) is 12.8 Å². The molecule has 1 N–H and O–H groups in total. The standard InChI is InChI=1S/C23H22ClFN4O3S/c1-13-27-28-22(32-13)23(25,33(30,31)17-6-4-5-16(12-17)29(2)3)14-9-18-19-11-15(24)7-8-20(19)26-21(18)10-14/h4-8,11-12,14,26H,9-10H2,1-3H3. The van der Waals surface area contributed by atoms with Crippen molar-refractivity contribution in [1.82, 2.24) is 15.2 Å². The van der Waals surface area contributed by atoms with Crippen LogP contribution < -0.4 is 4.90 Å². The molecule has 5 rings (SSSR count). The lowest BCUT2D eigenvalue weighted by molar-refractivity contribution is 0.137. The summed E-state index contributed by atoms with van der Waals surface area (Å²) < 4.78 is 50.3. The quantitative estimate of drug-likeness (QED) is 0.441. The Labute approximate surface area is 195 Å². The molecule has 33 heavy (non-hydrogen) atoms. The van der Waals surface area contributed by atoms with Crippen molar-refractivity contribution >= 4 is 38.0 Å². The lowest BCUT2D eigenvalue weighted by Gasteiger charge is -2.28. The number of sulfone groups is 1. The van der Waals surface area contributed by atoms with Crippen LogP contribution in [0.1, 0.15) is 23.0 Å². The van der Waals surface area contributed by atoms with Crippen LogP contribution in [0.5, 0.6) is 0 Å². The summed E-state index contributed by atoms with van der Waals surface area (Å²) >= 11 is 6.17. The highest BCUT2D eigenvalue weighted by Gasteiger charge is 2.59. The highest BCUT2D eigenvalue weighted by molar-refractivity contribution is 7.92. The van der Waals surface area contributed by atoms with E-state index in [1.165, 1.54) is 19.1 Å². The molecule has 1 aliphatic carbocycles. The van der Waals surface area contributed by atoms with Gasteiger partial charge in [0.25, 0.3) is 10.9 Å². The van der Waals surface area contributed by atoms with Gasteiger partial charge in [0.05, 0.1) is 4.90 Å². The van der Waals surface area contributed by atoms with Crippen molar-refractivity contribution in [3.05, 3.63) is 70.5 Å². The van der Waals surface area contributed by atoms with Gasteiger partial charge in [-0.2, -0.15) is 0 Å². The second-order valence-corrected chi connectivity index (χ2v) is 11.1. The average molecular weight is 489 g/mol. The molecule has 0 saturated carbocycles. The number of H-pyrrole nitrogens is 1. The zero-order valence-corrected chi connectivity index (χ0v) is 19.8. The Kier molecular flexibility index (Phi) is 5.02. The van der Waals surface area contributed by atoms with Crippen molar-refractivity contribution < 1.29 is 17.2 Å². The molecule has 0 fully saturated rings. The van der Waals surface area contributed by atoms with Crippen molar-refractivity contribution in [1.29, 1.82) is 0 Å². The van der Waals surface area contributed by atoms with E-state index in [1.54, 1.807) is 43.3 Å². The number of benzene rings is 2. The Balaban J connectivity index is 1.65. The van der Waals surface area contributed by atoms with Gasteiger partial charge < -0.3 is 14.3 Å². The van der Waals surface area contributed by atoms with Crippen LogP contribution in [-0.4, -0.2) is 37.7 Å². The van der Waals surface area contributed by atoms with E-state index in [4.69, 9.17) is 16.0 Å². The van der Waals surface area contributed by atoms with E-state index in [2.05, 4.69) is 15.2 Å². The Morgan fingerprint density at radius 3 is 2.67 bits per heavy atom. The van der Waals surface area contributed by atoms with Crippen molar-refractivity contribution in [3.8, 4) is 0 Å². The normalized spacial score (nSPS) is 17.8. The summed E-state index contributed by atoms with van der Waals surface area (Å²) in [4.78, 5) is 4.90. The third-order valence-electron chi connectivity index (χ3n) is 6.24. The van der Waals surface area contributed by atoms with Gasteiger partial charge in [0.2, 0.25) is 15.7 Å². The number of aryl methyl sites for hydroxylation is 1. The number of fused-ring (bicyclic) bond motifs is 3. The van der Waals surface area contributed by atoms with E-state index in [-0.39, 0.29) is 23.6 Å². The van der Waals surface area contributed by atoms with Gasteiger partial charge in [0.1, 0.15) is 0 Å². The number of aromatic amines is 1. The third kappa shape index (κ3) is 3.33. The summed E-state index contributed by atoms with van der Waals surface area (Å²) in [6.07, 6.45) is 0.354. The molecule has 0 aliphatic heterocycles. The molecule has 10 heteroatoms. The number of halogens is 2. The maximum Gasteiger partial charge on any atom is 0.294 e. The molecule has 7 nitrogen and oxygen atoms in total. The number of nitrogens with zero attached hydrogens (tertiary/aromatic N) is 3. The molecular weight excluding hydrogens is 467 g/mol. The van der Waals surface area contributed by atoms with Crippen LogP contribution in [0.4, 0.5) is 10.1 Å². The fourth-order valence-electron chi connectivity index (χ4n) is 4.55. The van der Waals surface area contributed by atoms with Gasteiger partial charge in [-0.3, -0.25) is 0 Å². The van der Waals surface area contributed by atoms with Crippen LogP contribution >= 0.6 is 11.6 Å². The number of hydrogen-bond acceptors (Lipinski definition) is 6. The first kappa shape index (κ1) is 21.9. The summed E-state index contributed by atoms with van der Waals surface area (Å²) in [5.41, 5.74) is 3.15. The molecule has 4 aromatic rings. The minimum atomic E-state index is -4.57. The van der Waals surface area contributed by atoms with E-state index >= 15 is 4.39 Å². The van der Waals surface area contributed by atoms with E-state index in [0.29, 0.717) is 10.7 Å². The highest BCUT2D eigenvalue weighted by Crippen LogP contribution is 2.49. The minimum Gasteiger partial charge on any atom is -0.421 e. The van der Waals surface area contributed by atoms with E-state index < -0.39 is 26.6 Å². The molecule has 0 saturated heterocycles. The summed E-state index contributed by atoms with van der Waals surface area (Å²) in [6.45, 7) is 1.50. The van der Waals surface area contributed by atoms with Gasteiger partial charge in [0.15, 0.2) is 0 Å². The van der Waals surface area contributed by atoms with Crippen LogP contribution in [0.15, 0.2) is 51.8 Å². The van der Waals surface area contributed by atoms with Crippen molar-refractivity contribution in [2.45, 2.75) is 29.7 Å². The smallest absolute Gasteiger partial charge is 0.294 e. The van der Waals surface area contributed by atoms with E-state index in [9.17, 15) is 8.42 Å². The predicted octanol–water partition coefficient (Wildman–Crippen LogP) is 4.59. The molecule has 2 aromatic heterocycles. The first-order chi connectivity index (χ1) is 15.6. The summed E-state index contributed by atoms with van der Waals surface area (Å²) in [5, 5.41) is 6.04. The van der Waals surface area contributed by atoms with Crippen LogP contribution in [0.25, 0.3) is 10.9 Å². The van der Waals surface area contributed by atoms with E-state index in [0.717, 1.165) is 22.2 Å². The number of rotatable bonds is 5. The highest BCUT2D eigenvalue weighted by atomic mass is 35.5. The van der Waals surface area contributed by atoms with Crippen molar-refractivity contribution in [3.63, 3.8) is 0 Å². The first-order valence-electron chi connectivity index (χ1n) is 10.4. The SMILES string of the molecule is Cc1nnc(C(F)(C2Cc3[nH]c4ccc(Cl)cc4c3C2)S(=O)(=O)c2cccc(N(C)C)c2)o1. The number of hydrogen-bond donors (Lipinski definition) is 1. The zero-order chi connectivity index (χ0) is 23.5. The molecule has 2 atom stereocenters. The summed E-state index contributed by atoms with van der Waals surface area (Å²) in [7, 11) is -0.992. The molecule has 0 bridgehead atoms. The summed E-state index contributed by atoms with van der Waals surface area (Å²) in [5.74, 6) is -1.42. The maximum atomic E-state index is 17.1. The van der Waals surface area contributed by atoms with Gasteiger partial charge in [-0.05, 0) is 54.8 Å². The molecular formula is C23H22ClFN4O3S. The van der Waals surface area contributed by atoms with Crippen molar-refractivity contribution in [2.24, 2.45) is 5.92 Å². The third-order valence-corrected chi connectivity index (χ3v) is 8.64. The number of anilines is 1. The fourth-order valence-corrected chi connectivity index (χ4v) is 6.52. The van der Waals surface area contributed by atoms with Gasteiger partial charge in [-0.1, -0.05) is 17.7 Å². The molecule has 1 aliphatic rings. The van der Waals surface area contributed by atoms with Gasteiger partial charge in [-0.15, -0.1) is 10.2 Å². The van der Waals surface area contributed by atoms with Crippen LogP contribution in [0, 0.1) is 12.8 Å². The molecule has 172 valence electrons. The average Bonchev–Trinajstić information content (AvgIpc) is 3.48. The zero-order valence-electron chi connectivity index (χ0n) is 18.3. The lowest BCUT2D eigenvalue weighted by atomic mass is 9.98. The minimum absolute atomic E-state index is 0.0954. The number of aromatic nitrogens is 3.